The van der Waals surface area contributed by atoms with Crippen LogP contribution in [0.25, 0.3) is 16.8 Å². The summed E-state index contributed by atoms with van der Waals surface area (Å²) in [6.07, 6.45) is 2.22. The maximum atomic E-state index is 10.3. The Hall–Kier alpha value is -1.95. The van der Waals surface area contributed by atoms with E-state index in [4.69, 9.17) is 9.52 Å². The van der Waals surface area contributed by atoms with Gasteiger partial charge in [0.25, 0.3) is 5.89 Å². The number of thiophene rings is 1. The van der Waals surface area contributed by atoms with Crippen LogP contribution in [0.15, 0.2) is 22.6 Å². The molecule has 0 aliphatic heterocycles. The minimum Gasteiger partial charge on any atom is -0.478 e. The Kier molecular flexibility index (Phi) is 2.82. The minimum atomic E-state index is -1.05. The lowest BCUT2D eigenvalue weighted by Crippen LogP contribution is -1.85. The topological polar surface area (TPSA) is 76.2 Å². The van der Waals surface area contributed by atoms with E-state index >= 15 is 0 Å². The minimum absolute atomic E-state index is 0.184. The van der Waals surface area contributed by atoms with Gasteiger partial charge in [0.15, 0.2) is 0 Å². The molecule has 2 heterocycles. The fourth-order valence-electron chi connectivity index (χ4n) is 1.09. The summed E-state index contributed by atoms with van der Waals surface area (Å²) in [6, 6.07) is 3.84. The average molecular weight is 236 g/mol. The van der Waals surface area contributed by atoms with Crippen LogP contribution in [0.2, 0.25) is 0 Å². The summed E-state index contributed by atoms with van der Waals surface area (Å²) in [5, 5.41) is 16.0. The maximum Gasteiger partial charge on any atom is 0.328 e. The van der Waals surface area contributed by atoms with Crippen molar-refractivity contribution in [1.82, 2.24) is 10.2 Å². The van der Waals surface area contributed by atoms with Gasteiger partial charge in [-0.15, -0.1) is 21.5 Å². The Labute approximate surface area is 95.1 Å². The van der Waals surface area contributed by atoms with Gasteiger partial charge < -0.3 is 9.52 Å². The Bertz CT molecular complexity index is 542. The Morgan fingerprint density at radius 3 is 2.94 bits per heavy atom. The highest BCUT2D eigenvalue weighted by Crippen LogP contribution is 2.26. The molecule has 0 amide bonds. The average Bonchev–Trinajstić information content (AvgIpc) is 2.83. The molecule has 0 unspecified atom stereocenters. The van der Waals surface area contributed by atoms with E-state index in [0.29, 0.717) is 5.89 Å². The van der Waals surface area contributed by atoms with Crippen LogP contribution in [0.4, 0.5) is 0 Å². The van der Waals surface area contributed by atoms with Gasteiger partial charge in [0.05, 0.1) is 4.88 Å². The van der Waals surface area contributed by atoms with Gasteiger partial charge in [-0.25, -0.2) is 4.79 Å². The molecule has 0 radical (unpaired) electrons. The molecule has 2 rings (SSSR count). The van der Waals surface area contributed by atoms with Crippen molar-refractivity contribution in [3.8, 4) is 10.8 Å². The Morgan fingerprint density at radius 1 is 1.50 bits per heavy atom. The van der Waals surface area contributed by atoms with E-state index in [9.17, 15) is 4.79 Å². The standard InChI is InChI=1S/C10H8N2O3S/c1-6-2-3-7(16-6)10-12-11-8(15-10)4-5-9(13)14/h2-5H,1H3,(H,13,14)/b5-4+. The van der Waals surface area contributed by atoms with Gasteiger partial charge in [-0.1, -0.05) is 0 Å². The lowest BCUT2D eigenvalue weighted by molar-refractivity contribution is -0.131. The van der Waals surface area contributed by atoms with E-state index in [1.165, 1.54) is 6.08 Å². The van der Waals surface area contributed by atoms with Crippen molar-refractivity contribution in [2.24, 2.45) is 0 Å². The van der Waals surface area contributed by atoms with Crippen LogP contribution in [0.3, 0.4) is 0 Å². The highest BCUT2D eigenvalue weighted by Gasteiger charge is 2.08. The molecule has 0 saturated carbocycles. The van der Waals surface area contributed by atoms with Gasteiger partial charge >= 0.3 is 5.97 Å². The normalized spacial score (nSPS) is 11.1. The second-order valence-electron chi connectivity index (χ2n) is 3.03. The summed E-state index contributed by atoms with van der Waals surface area (Å²) >= 11 is 1.54. The van der Waals surface area contributed by atoms with Gasteiger partial charge in [-0.2, -0.15) is 0 Å². The Balaban J connectivity index is 2.23. The van der Waals surface area contributed by atoms with E-state index in [0.717, 1.165) is 15.8 Å². The van der Waals surface area contributed by atoms with E-state index < -0.39 is 5.97 Å². The van der Waals surface area contributed by atoms with E-state index in [1.54, 1.807) is 11.3 Å². The third kappa shape index (κ3) is 2.34. The van der Waals surface area contributed by atoms with Crippen LogP contribution in [-0.2, 0) is 4.79 Å². The monoisotopic (exact) mass is 236 g/mol. The van der Waals surface area contributed by atoms with Gasteiger partial charge in [-0.05, 0) is 19.1 Å². The number of carboxylic acids is 1. The molecule has 2 aromatic heterocycles. The summed E-state index contributed by atoms with van der Waals surface area (Å²) in [5.74, 6) is -0.460. The molecular formula is C10H8N2O3S. The zero-order valence-electron chi connectivity index (χ0n) is 8.38. The SMILES string of the molecule is Cc1ccc(-c2nnc(/C=C/C(=O)O)o2)s1. The number of carbonyl (C=O) groups is 1. The second kappa shape index (κ2) is 4.28. The molecule has 1 N–H and O–H groups in total. The van der Waals surface area contributed by atoms with Crippen molar-refractivity contribution >= 4 is 23.4 Å². The summed E-state index contributed by atoms with van der Waals surface area (Å²) in [4.78, 5) is 12.3. The molecule has 82 valence electrons. The predicted molar refractivity (Wildman–Crippen MR) is 59.0 cm³/mol. The molecule has 5 nitrogen and oxygen atoms in total. The number of hydrogen-bond acceptors (Lipinski definition) is 5. The van der Waals surface area contributed by atoms with E-state index in [1.807, 2.05) is 19.1 Å². The van der Waals surface area contributed by atoms with Crippen LogP contribution in [0.5, 0.6) is 0 Å². The van der Waals surface area contributed by atoms with Crippen molar-refractivity contribution in [3.05, 3.63) is 29.0 Å². The molecule has 0 bridgehead atoms. The fraction of sp³-hybridized carbons (Fsp3) is 0.100. The van der Waals surface area contributed by atoms with E-state index in [2.05, 4.69) is 10.2 Å². The molecule has 0 spiro atoms. The van der Waals surface area contributed by atoms with Gasteiger partial charge in [0, 0.05) is 17.0 Å². The lowest BCUT2D eigenvalue weighted by Gasteiger charge is -1.84. The molecule has 0 atom stereocenters. The Morgan fingerprint density at radius 2 is 2.31 bits per heavy atom. The zero-order chi connectivity index (χ0) is 11.5. The summed E-state index contributed by atoms with van der Waals surface area (Å²) in [6.45, 7) is 1.98. The van der Waals surface area contributed by atoms with Crippen LogP contribution >= 0.6 is 11.3 Å². The summed E-state index contributed by atoms with van der Waals surface area (Å²) in [5.41, 5.74) is 0. The number of aliphatic carboxylic acids is 1. The number of aryl methyl sites for hydroxylation is 1. The quantitative estimate of drug-likeness (QED) is 0.827. The highest BCUT2D eigenvalue weighted by molar-refractivity contribution is 7.15. The first-order chi connectivity index (χ1) is 7.65. The number of carboxylic acid groups (broad SMARTS) is 1. The summed E-state index contributed by atoms with van der Waals surface area (Å²) in [7, 11) is 0. The first kappa shape index (κ1) is 10.6. The molecule has 2 aromatic rings. The van der Waals surface area contributed by atoms with Crippen molar-refractivity contribution in [1.29, 1.82) is 0 Å². The third-order valence-corrected chi connectivity index (χ3v) is 2.75. The molecule has 0 saturated heterocycles. The molecule has 0 aliphatic rings. The smallest absolute Gasteiger partial charge is 0.328 e. The van der Waals surface area contributed by atoms with Crippen molar-refractivity contribution in [2.45, 2.75) is 6.92 Å². The van der Waals surface area contributed by atoms with Crippen molar-refractivity contribution in [2.75, 3.05) is 0 Å². The van der Waals surface area contributed by atoms with Crippen LogP contribution < -0.4 is 0 Å². The van der Waals surface area contributed by atoms with Crippen LogP contribution in [-0.4, -0.2) is 21.3 Å². The number of aromatic nitrogens is 2. The van der Waals surface area contributed by atoms with Gasteiger partial charge in [-0.3, -0.25) is 0 Å². The molecule has 16 heavy (non-hydrogen) atoms. The van der Waals surface area contributed by atoms with Crippen LogP contribution in [0.1, 0.15) is 10.8 Å². The predicted octanol–water partition coefficient (Wildman–Crippen LogP) is 2.20. The third-order valence-electron chi connectivity index (χ3n) is 1.76. The number of nitrogens with zero attached hydrogens (tertiary/aromatic N) is 2. The second-order valence-corrected chi connectivity index (χ2v) is 4.32. The molecule has 0 aromatic carbocycles. The molecule has 6 heteroatoms. The summed E-state index contributed by atoms with van der Waals surface area (Å²) < 4.78 is 5.27. The number of rotatable bonds is 3. The molecule has 0 fully saturated rings. The maximum absolute atomic E-state index is 10.3. The van der Waals surface area contributed by atoms with Gasteiger partial charge in [0.1, 0.15) is 0 Å². The molecule has 0 aliphatic carbocycles. The van der Waals surface area contributed by atoms with E-state index in [-0.39, 0.29) is 5.89 Å². The highest BCUT2D eigenvalue weighted by atomic mass is 32.1. The largest absolute Gasteiger partial charge is 0.478 e. The van der Waals surface area contributed by atoms with Gasteiger partial charge in [0.2, 0.25) is 5.89 Å². The first-order valence-corrected chi connectivity index (χ1v) is 5.28. The van der Waals surface area contributed by atoms with Crippen LogP contribution in [0, 0.1) is 6.92 Å². The van der Waals surface area contributed by atoms with Crippen molar-refractivity contribution < 1.29 is 14.3 Å². The zero-order valence-corrected chi connectivity index (χ0v) is 9.19. The fourth-order valence-corrected chi connectivity index (χ4v) is 1.88. The number of hydrogen-bond donors (Lipinski definition) is 1. The lowest BCUT2D eigenvalue weighted by atomic mass is 10.4. The van der Waals surface area contributed by atoms with Crippen molar-refractivity contribution in [3.63, 3.8) is 0 Å². The first-order valence-electron chi connectivity index (χ1n) is 4.46. The molecular weight excluding hydrogens is 228 g/mol.